The molecule has 0 aromatic carbocycles. The third kappa shape index (κ3) is 11.1. The monoisotopic (exact) mass is 199 g/mol. The van der Waals surface area contributed by atoms with Crippen molar-refractivity contribution in [2.75, 3.05) is 0 Å². The zero-order valence-electron chi connectivity index (χ0n) is 4.55. The number of halogens is 1. The Hall–Kier alpha value is 1.35. The minimum absolute atomic E-state index is 0. The fraction of sp³-hybridized carbons (Fsp3) is 0. The molecule has 0 radical (unpaired) electrons. The zero-order valence-corrected chi connectivity index (χ0v) is 7.95. The third-order valence-corrected chi connectivity index (χ3v) is 1.52. The number of nitrogens with one attached hydrogen (secondary N) is 1. The molecule has 0 bridgehead atoms. The fourth-order valence-corrected chi connectivity index (χ4v) is 0. The van der Waals surface area contributed by atoms with Crippen LogP contribution in [-0.2, 0) is 10.3 Å². The van der Waals surface area contributed by atoms with Crippen LogP contribution in [0.25, 0.3) is 0 Å². The SMILES string of the molecule is O=S(=O)(O)NBr.[H-].[Na+]. The van der Waals surface area contributed by atoms with Crippen LogP contribution < -0.4 is 33.3 Å². The van der Waals surface area contributed by atoms with Gasteiger partial charge in [0, 0.05) is 16.1 Å². The Balaban J connectivity index is -0.000000125. The molecule has 0 fully saturated rings. The number of rotatable bonds is 1. The number of hydrogen-bond donors (Lipinski definition) is 2. The largest absolute Gasteiger partial charge is 1.00 e. The van der Waals surface area contributed by atoms with E-state index in [2.05, 4.69) is 16.1 Å². The Kier molecular flexibility index (Phi) is 6.79. The molecule has 0 rings (SSSR count). The van der Waals surface area contributed by atoms with Gasteiger partial charge in [0.1, 0.15) is 0 Å². The van der Waals surface area contributed by atoms with E-state index in [0.717, 1.165) is 0 Å². The first-order chi connectivity index (χ1) is 2.56. The van der Waals surface area contributed by atoms with E-state index in [1.807, 2.05) is 0 Å². The molecule has 0 spiro atoms. The van der Waals surface area contributed by atoms with Crippen LogP contribution in [0.4, 0.5) is 0 Å². The maximum atomic E-state index is 9.40. The fourth-order valence-electron chi connectivity index (χ4n) is 0. The molecule has 0 atom stereocenters. The second-order valence-electron chi connectivity index (χ2n) is 0.552. The first kappa shape index (κ1) is 11.2. The average molecular weight is 200 g/mol. The zero-order chi connectivity index (χ0) is 5.21. The summed E-state index contributed by atoms with van der Waals surface area (Å²) in [6, 6.07) is 0. The quantitative estimate of drug-likeness (QED) is 0.266. The van der Waals surface area contributed by atoms with Crippen LogP contribution in [0.5, 0.6) is 0 Å². The Morgan fingerprint density at radius 1 is 1.71 bits per heavy atom. The summed E-state index contributed by atoms with van der Waals surface area (Å²) in [5, 5.41) is 0. The molecule has 0 saturated carbocycles. The van der Waals surface area contributed by atoms with E-state index in [1.54, 1.807) is 0 Å². The first-order valence-electron chi connectivity index (χ1n) is 0.909. The van der Waals surface area contributed by atoms with Crippen LogP contribution in [0.3, 0.4) is 0 Å². The topological polar surface area (TPSA) is 66.4 Å². The van der Waals surface area contributed by atoms with Crippen molar-refractivity contribution in [3.05, 3.63) is 0 Å². The molecule has 0 amide bonds. The summed E-state index contributed by atoms with van der Waals surface area (Å²) in [5.41, 5.74) is 0. The molecule has 0 heterocycles. The van der Waals surface area contributed by atoms with Gasteiger partial charge in [-0.05, 0) is 0 Å². The van der Waals surface area contributed by atoms with Crippen molar-refractivity contribution in [3.8, 4) is 0 Å². The van der Waals surface area contributed by atoms with Crippen molar-refractivity contribution in [2.24, 2.45) is 0 Å². The summed E-state index contributed by atoms with van der Waals surface area (Å²) >= 11 is 2.28. The summed E-state index contributed by atoms with van der Waals surface area (Å²) in [4.78, 5) is 0. The maximum absolute atomic E-state index is 9.40. The summed E-state index contributed by atoms with van der Waals surface area (Å²) in [6.45, 7) is 0. The van der Waals surface area contributed by atoms with Crippen LogP contribution in [0.15, 0.2) is 0 Å². The van der Waals surface area contributed by atoms with E-state index in [9.17, 15) is 8.42 Å². The van der Waals surface area contributed by atoms with Crippen LogP contribution in [0.1, 0.15) is 1.43 Å². The Labute approximate surface area is 73.7 Å². The van der Waals surface area contributed by atoms with Gasteiger partial charge >= 0.3 is 39.9 Å². The van der Waals surface area contributed by atoms with Gasteiger partial charge in [0.25, 0.3) is 0 Å². The second kappa shape index (κ2) is 4.25. The van der Waals surface area contributed by atoms with Crippen molar-refractivity contribution in [2.45, 2.75) is 0 Å². The van der Waals surface area contributed by atoms with Gasteiger partial charge in [0.05, 0.1) is 0 Å². The molecule has 2 N–H and O–H groups in total. The summed E-state index contributed by atoms with van der Waals surface area (Å²) in [5.74, 6) is 0. The molecule has 40 valence electrons. The minimum atomic E-state index is -4.00. The predicted molar refractivity (Wildman–Crippen MR) is 24.7 cm³/mol. The van der Waals surface area contributed by atoms with Crippen molar-refractivity contribution < 1.29 is 44.0 Å². The maximum Gasteiger partial charge on any atom is 1.00 e. The molecular formula is H3BrNNaO3S. The average Bonchev–Trinajstić information content (AvgIpc) is 1.35. The van der Waals surface area contributed by atoms with Crippen molar-refractivity contribution in [1.82, 2.24) is 3.75 Å². The first-order valence-corrected chi connectivity index (χ1v) is 3.14. The minimum Gasteiger partial charge on any atom is -1.00 e. The Morgan fingerprint density at radius 2 is 1.86 bits per heavy atom. The van der Waals surface area contributed by atoms with E-state index < -0.39 is 10.3 Å². The van der Waals surface area contributed by atoms with Crippen molar-refractivity contribution in [3.63, 3.8) is 0 Å². The van der Waals surface area contributed by atoms with Gasteiger partial charge in [-0.15, -0.1) is 3.75 Å². The van der Waals surface area contributed by atoms with Crippen LogP contribution in [0.2, 0.25) is 0 Å². The molecule has 0 aliphatic rings. The van der Waals surface area contributed by atoms with Gasteiger partial charge in [-0.25, -0.2) is 0 Å². The van der Waals surface area contributed by atoms with Gasteiger partial charge in [-0.3, -0.25) is 4.55 Å². The smallest absolute Gasteiger partial charge is 1.00 e. The van der Waals surface area contributed by atoms with E-state index >= 15 is 0 Å². The predicted octanol–water partition coefficient (Wildman–Crippen LogP) is -3.19. The van der Waals surface area contributed by atoms with Crippen molar-refractivity contribution in [1.29, 1.82) is 0 Å². The molecule has 0 aliphatic heterocycles. The molecule has 4 nitrogen and oxygen atoms in total. The molecule has 0 saturated heterocycles. The summed E-state index contributed by atoms with van der Waals surface area (Å²) in [7, 11) is -4.00. The second-order valence-corrected chi connectivity index (χ2v) is 2.63. The molecule has 0 aromatic heterocycles. The molecular weight excluding hydrogens is 197 g/mol. The molecule has 0 unspecified atom stereocenters. The molecule has 0 aromatic rings. The van der Waals surface area contributed by atoms with Gasteiger partial charge in [-0.2, -0.15) is 8.42 Å². The molecule has 0 aliphatic carbocycles. The molecule has 7 heteroatoms. The van der Waals surface area contributed by atoms with Gasteiger partial charge in [-0.1, -0.05) is 0 Å². The normalized spacial score (nSPS) is 10.0. The third-order valence-electron chi connectivity index (χ3n) is 0.0975. The summed E-state index contributed by atoms with van der Waals surface area (Å²) in [6.07, 6.45) is 0. The van der Waals surface area contributed by atoms with Crippen LogP contribution >= 0.6 is 16.1 Å². The Bertz CT molecular complexity index is 121. The van der Waals surface area contributed by atoms with E-state index in [-0.39, 0.29) is 31.0 Å². The van der Waals surface area contributed by atoms with Crippen molar-refractivity contribution >= 4 is 26.5 Å². The van der Waals surface area contributed by atoms with Gasteiger partial charge < -0.3 is 1.43 Å². The van der Waals surface area contributed by atoms with Crippen LogP contribution in [-0.4, -0.2) is 13.0 Å². The van der Waals surface area contributed by atoms with E-state index in [0.29, 0.717) is 0 Å². The van der Waals surface area contributed by atoms with Crippen LogP contribution in [0, 0.1) is 0 Å². The summed E-state index contributed by atoms with van der Waals surface area (Å²) < 4.78 is 27.9. The number of hydrogen-bond acceptors (Lipinski definition) is 2. The standard InChI is InChI=1S/BrH2NO3S.Na.H/c1-2-6(3,4)5;;/h2H,(H,3,4,5);;/q;+1;-1. The van der Waals surface area contributed by atoms with Gasteiger partial charge in [0.15, 0.2) is 0 Å². The van der Waals surface area contributed by atoms with E-state index in [1.165, 1.54) is 3.75 Å². The van der Waals surface area contributed by atoms with Gasteiger partial charge in [0.2, 0.25) is 0 Å². The van der Waals surface area contributed by atoms with E-state index in [4.69, 9.17) is 4.55 Å². The Morgan fingerprint density at radius 3 is 1.86 bits per heavy atom. The molecule has 7 heavy (non-hydrogen) atoms.